The third-order valence-electron chi connectivity index (χ3n) is 9.51. The van der Waals surface area contributed by atoms with Crippen LogP contribution in [0.15, 0.2) is 11.6 Å². The van der Waals surface area contributed by atoms with Crippen molar-refractivity contribution in [2.75, 3.05) is 6.61 Å². The summed E-state index contributed by atoms with van der Waals surface area (Å²) >= 11 is 0. The van der Waals surface area contributed by atoms with Gasteiger partial charge in [-0.25, -0.2) is 0 Å². The van der Waals surface area contributed by atoms with Gasteiger partial charge in [0, 0.05) is 6.42 Å². The summed E-state index contributed by atoms with van der Waals surface area (Å²) in [5, 5.41) is 0. The predicted octanol–water partition coefficient (Wildman–Crippen LogP) is 5.29. The number of fused-ring (bicyclic) bond motifs is 5. The highest BCUT2D eigenvalue weighted by Crippen LogP contribution is 2.67. The molecule has 0 radical (unpaired) electrons. The molecular formula is C24H36O3. The maximum Gasteiger partial charge on any atom is 0.163 e. The van der Waals surface area contributed by atoms with Crippen LogP contribution < -0.4 is 0 Å². The van der Waals surface area contributed by atoms with Gasteiger partial charge in [0.25, 0.3) is 0 Å². The molecule has 0 bridgehead atoms. The van der Waals surface area contributed by atoms with Crippen LogP contribution in [0, 0.1) is 34.5 Å². The van der Waals surface area contributed by atoms with Crippen molar-refractivity contribution in [1.29, 1.82) is 0 Å². The minimum absolute atomic E-state index is 0.272. The van der Waals surface area contributed by atoms with Crippen molar-refractivity contribution in [2.45, 2.75) is 91.0 Å². The highest BCUT2D eigenvalue weighted by molar-refractivity contribution is 5.91. The summed E-state index contributed by atoms with van der Waals surface area (Å²) in [5.74, 6) is 3.03. The van der Waals surface area contributed by atoms with Gasteiger partial charge in [0.2, 0.25) is 0 Å². The van der Waals surface area contributed by atoms with Crippen molar-refractivity contribution < 1.29 is 14.3 Å². The lowest BCUT2D eigenvalue weighted by Gasteiger charge is -2.58. The van der Waals surface area contributed by atoms with Crippen LogP contribution >= 0.6 is 0 Å². The van der Waals surface area contributed by atoms with Crippen molar-refractivity contribution in [1.82, 2.24) is 0 Å². The molecular weight excluding hydrogens is 336 g/mol. The summed E-state index contributed by atoms with van der Waals surface area (Å²) in [6.07, 6.45) is 11.9. The summed E-state index contributed by atoms with van der Waals surface area (Å²) in [6, 6.07) is 0. The fraction of sp³-hybridized carbons (Fsp3) is 0.875. The van der Waals surface area contributed by atoms with Gasteiger partial charge in [-0.1, -0.05) is 19.4 Å². The average molecular weight is 373 g/mol. The van der Waals surface area contributed by atoms with Gasteiger partial charge in [-0.2, -0.15) is 0 Å². The molecule has 3 nitrogen and oxygen atoms in total. The van der Waals surface area contributed by atoms with Crippen molar-refractivity contribution in [3.8, 4) is 0 Å². The second-order valence-corrected chi connectivity index (χ2v) is 11.1. The van der Waals surface area contributed by atoms with Crippen molar-refractivity contribution in [3.05, 3.63) is 11.6 Å². The fourth-order valence-electron chi connectivity index (χ4n) is 8.12. The van der Waals surface area contributed by atoms with Gasteiger partial charge in [-0.3, -0.25) is 4.79 Å². The molecule has 0 aromatic carbocycles. The van der Waals surface area contributed by atoms with Crippen LogP contribution in [0.5, 0.6) is 0 Å². The number of allylic oxidation sites excluding steroid dienone is 1. The quantitative estimate of drug-likeness (QED) is 0.628. The smallest absolute Gasteiger partial charge is 0.163 e. The van der Waals surface area contributed by atoms with Crippen LogP contribution in [-0.2, 0) is 14.3 Å². The Hall–Kier alpha value is -0.670. The third kappa shape index (κ3) is 2.64. The van der Waals surface area contributed by atoms with Gasteiger partial charge in [0.15, 0.2) is 11.6 Å². The summed E-state index contributed by atoms with van der Waals surface area (Å²) < 4.78 is 12.3. The minimum atomic E-state index is -0.414. The number of carbonyl (C=O) groups is 1. The molecule has 27 heavy (non-hydrogen) atoms. The van der Waals surface area contributed by atoms with E-state index in [1.165, 1.54) is 37.7 Å². The topological polar surface area (TPSA) is 35.5 Å². The second-order valence-electron chi connectivity index (χ2n) is 11.1. The van der Waals surface area contributed by atoms with Gasteiger partial charge >= 0.3 is 0 Å². The Morgan fingerprint density at radius 2 is 1.70 bits per heavy atom. The first-order valence-electron chi connectivity index (χ1n) is 11.3. The van der Waals surface area contributed by atoms with Crippen molar-refractivity contribution in [2.24, 2.45) is 34.5 Å². The van der Waals surface area contributed by atoms with E-state index in [0.717, 1.165) is 43.6 Å². The zero-order valence-electron chi connectivity index (χ0n) is 17.6. The molecule has 0 aromatic heterocycles. The lowest BCUT2D eigenvalue weighted by atomic mass is 9.46. The molecule has 1 saturated heterocycles. The molecule has 4 aliphatic carbocycles. The van der Waals surface area contributed by atoms with Crippen LogP contribution in [-0.4, -0.2) is 24.3 Å². The van der Waals surface area contributed by atoms with E-state index in [-0.39, 0.29) is 11.5 Å². The first-order valence-corrected chi connectivity index (χ1v) is 11.3. The van der Waals surface area contributed by atoms with E-state index >= 15 is 0 Å². The normalized spacial score (nSPS) is 51.3. The zero-order chi connectivity index (χ0) is 19.0. The van der Waals surface area contributed by atoms with Crippen LogP contribution in [0.25, 0.3) is 0 Å². The van der Waals surface area contributed by atoms with Gasteiger partial charge in [-0.05, 0) is 99.4 Å². The Morgan fingerprint density at radius 1 is 0.926 bits per heavy atom. The second kappa shape index (κ2) is 5.92. The minimum Gasteiger partial charge on any atom is -0.348 e. The molecule has 7 atom stereocenters. The highest BCUT2D eigenvalue weighted by atomic mass is 16.7. The van der Waals surface area contributed by atoms with Gasteiger partial charge in [-0.15, -0.1) is 0 Å². The van der Waals surface area contributed by atoms with E-state index in [0.29, 0.717) is 17.1 Å². The average Bonchev–Trinajstić information content (AvgIpc) is 3.14. The lowest BCUT2D eigenvalue weighted by molar-refractivity contribution is -0.154. The molecule has 0 amide bonds. The molecule has 5 rings (SSSR count). The van der Waals surface area contributed by atoms with E-state index < -0.39 is 5.79 Å². The number of rotatable bonds is 1. The Labute approximate surface area is 164 Å². The van der Waals surface area contributed by atoms with Crippen LogP contribution in [0.3, 0.4) is 0 Å². The van der Waals surface area contributed by atoms with E-state index in [2.05, 4.69) is 27.7 Å². The SMILES string of the molecule is CC1(C)OC[C@H]([C@H]2CC[C@H]3[C@@H]4CCC5=CC(=O)CCC5(C)[C@H]4CC[C@]23C)O1. The van der Waals surface area contributed by atoms with E-state index in [4.69, 9.17) is 9.47 Å². The number of ketones is 1. The van der Waals surface area contributed by atoms with Gasteiger partial charge in [0.05, 0.1) is 12.7 Å². The molecule has 4 fully saturated rings. The first kappa shape index (κ1) is 18.4. The van der Waals surface area contributed by atoms with Crippen LogP contribution in [0.1, 0.15) is 79.1 Å². The molecule has 5 aliphatic rings. The Kier molecular flexibility index (Phi) is 4.03. The molecule has 3 saturated carbocycles. The van der Waals surface area contributed by atoms with Gasteiger partial charge in [0.1, 0.15) is 0 Å². The number of hydrogen-bond donors (Lipinski definition) is 0. The third-order valence-corrected chi connectivity index (χ3v) is 9.51. The number of hydrogen-bond acceptors (Lipinski definition) is 3. The van der Waals surface area contributed by atoms with Crippen molar-refractivity contribution >= 4 is 5.78 Å². The summed E-state index contributed by atoms with van der Waals surface area (Å²) in [5.41, 5.74) is 2.16. The highest BCUT2D eigenvalue weighted by Gasteiger charge is 2.61. The number of ether oxygens (including phenoxy) is 2. The standard InChI is InChI=1S/C24H36O3/c1-22(2)26-14-21(27-22)20-8-7-18-17-6-5-15-13-16(25)9-11-23(15,3)19(17)10-12-24(18,20)4/h13,17-21H,5-12,14H2,1-4H3/t17-,18-,19-,20+,21+,23?,24-/m0/s1. The molecule has 0 spiro atoms. The maximum absolute atomic E-state index is 12.0. The molecule has 1 unspecified atom stereocenters. The van der Waals surface area contributed by atoms with E-state index in [1.807, 2.05) is 6.08 Å². The Morgan fingerprint density at radius 3 is 2.44 bits per heavy atom. The predicted molar refractivity (Wildman–Crippen MR) is 105 cm³/mol. The van der Waals surface area contributed by atoms with Crippen molar-refractivity contribution in [3.63, 3.8) is 0 Å². The molecule has 150 valence electrons. The zero-order valence-corrected chi connectivity index (χ0v) is 17.6. The monoisotopic (exact) mass is 372 g/mol. The van der Waals surface area contributed by atoms with E-state index in [9.17, 15) is 4.79 Å². The molecule has 3 heteroatoms. The summed E-state index contributed by atoms with van der Waals surface area (Å²) in [7, 11) is 0. The fourth-order valence-corrected chi connectivity index (χ4v) is 8.12. The van der Waals surface area contributed by atoms with Crippen LogP contribution in [0.2, 0.25) is 0 Å². The molecule has 1 aliphatic heterocycles. The van der Waals surface area contributed by atoms with Crippen LogP contribution in [0.4, 0.5) is 0 Å². The summed E-state index contributed by atoms with van der Waals surface area (Å²) in [6.45, 7) is 9.92. The Balaban J connectivity index is 1.41. The maximum atomic E-state index is 12.0. The summed E-state index contributed by atoms with van der Waals surface area (Å²) in [4.78, 5) is 12.0. The van der Waals surface area contributed by atoms with E-state index in [1.54, 1.807) is 0 Å². The first-order chi connectivity index (χ1) is 12.7. The number of carbonyl (C=O) groups excluding carboxylic acids is 1. The Bertz CT molecular complexity index is 679. The molecule has 0 N–H and O–H groups in total. The lowest BCUT2D eigenvalue weighted by Crippen LogP contribution is -2.51. The van der Waals surface area contributed by atoms with Gasteiger partial charge < -0.3 is 9.47 Å². The molecule has 0 aromatic rings. The largest absolute Gasteiger partial charge is 0.348 e. The molecule has 1 heterocycles.